The summed E-state index contributed by atoms with van der Waals surface area (Å²) in [7, 11) is 0. The first-order valence-electron chi connectivity index (χ1n) is 7.36. The smallest absolute Gasteiger partial charge is 0.305 e. The van der Waals surface area contributed by atoms with Crippen molar-refractivity contribution in [1.82, 2.24) is 5.32 Å². The predicted molar refractivity (Wildman–Crippen MR) is 77.8 cm³/mol. The third-order valence-corrected chi connectivity index (χ3v) is 3.90. The topological polar surface area (TPSA) is 69.6 Å². The summed E-state index contributed by atoms with van der Waals surface area (Å²) in [5, 5.41) is 22.6. The summed E-state index contributed by atoms with van der Waals surface area (Å²) < 4.78 is 0. The molecule has 0 amide bonds. The summed E-state index contributed by atoms with van der Waals surface area (Å²) in [6.07, 6.45) is 3.40. The van der Waals surface area contributed by atoms with Gasteiger partial charge < -0.3 is 15.5 Å². The number of hydrogen-bond donors (Lipinski definition) is 3. The van der Waals surface area contributed by atoms with E-state index >= 15 is 0 Å². The van der Waals surface area contributed by atoms with Gasteiger partial charge in [-0.05, 0) is 48.9 Å². The molecule has 4 nitrogen and oxygen atoms in total. The fraction of sp³-hybridized carbons (Fsp3) is 0.562. The van der Waals surface area contributed by atoms with Crippen LogP contribution in [0.2, 0.25) is 0 Å². The maximum atomic E-state index is 10.9. The maximum absolute atomic E-state index is 10.9. The Kier molecular flexibility index (Phi) is 5.15. The summed E-state index contributed by atoms with van der Waals surface area (Å²) in [4.78, 5) is 10.9. The van der Waals surface area contributed by atoms with E-state index in [2.05, 4.69) is 11.4 Å². The number of aryl methyl sites for hydroxylation is 2. The van der Waals surface area contributed by atoms with Gasteiger partial charge in [-0.15, -0.1) is 0 Å². The fourth-order valence-corrected chi connectivity index (χ4v) is 2.82. The molecular weight excluding hydrogens is 254 g/mol. The Hall–Kier alpha value is -1.39. The summed E-state index contributed by atoms with van der Waals surface area (Å²) in [6, 6.07) is 5.59. The lowest BCUT2D eigenvalue weighted by Crippen LogP contribution is -2.37. The lowest BCUT2D eigenvalue weighted by Gasteiger charge is -2.23. The first kappa shape index (κ1) is 15.0. The molecule has 1 aliphatic rings. The van der Waals surface area contributed by atoms with Crippen molar-refractivity contribution in [2.45, 2.75) is 51.2 Å². The standard InChI is InChI=1S/C16H23NO3/c1-2-8-17-14(10-15(18)19)16(20)13-7-6-11-4-3-5-12(11)9-13/h6-7,9,14,16-17,20H,2-5,8,10H2,1H3,(H,18,19). The highest BCUT2D eigenvalue weighted by Gasteiger charge is 2.24. The minimum atomic E-state index is -0.890. The van der Waals surface area contributed by atoms with Crippen LogP contribution < -0.4 is 5.32 Å². The molecule has 0 fully saturated rings. The maximum Gasteiger partial charge on any atom is 0.305 e. The molecule has 0 saturated carbocycles. The van der Waals surface area contributed by atoms with Gasteiger partial charge in [-0.25, -0.2) is 0 Å². The molecule has 1 aromatic carbocycles. The van der Waals surface area contributed by atoms with Crippen LogP contribution in [-0.2, 0) is 17.6 Å². The minimum Gasteiger partial charge on any atom is -0.481 e. The van der Waals surface area contributed by atoms with Gasteiger partial charge in [0.25, 0.3) is 0 Å². The Morgan fingerprint density at radius 2 is 2.10 bits per heavy atom. The quantitative estimate of drug-likeness (QED) is 0.713. The molecule has 1 aromatic rings. The van der Waals surface area contributed by atoms with Crippen LogP contribution in [-0.4, -0.2) is 28.8 Å². The molecular formula is C16H23NO3. The van der Waals surface area contributed by atoms with Crippen molar-refractivity contribution in [1.29, 1.82) is 0 Å². The molecule has 2 rings (SSSR count). The molecule has 20 heavy (non-hydrogen) atoms. The number of carboxylic acids is 1. The molecule has 0 radical (unpaired) electrons. The lowest BCUT2D eigenvalue weighted by atomic mass is 9.96. The molecule has 2 unspecified atom stereocenters. The molecule has 0 saturated heterocycles. The highest BCUT2D eigenvalue weighted by molar-refractivity contribution is 5.67. The van der Waals surface area contributed by atoms with Crippen molar-refractivity contribution in [3.63, 3.8) is 0 Å². The SMILES string of the molecule is CCCNC(CC(=O)O)C(O)c1ccc2c(c1)CCC2. The minimum absolute atomic E-state index is 0.0712. The third kappa shape index (κ3) is 3.58. The Bertz CT molecular complexity index is 473. The molecule has 0 aliphatic heterocycles. The van der Waals surface area contributed by atoms with Gasteiger partial charge in [0, 0.05) is 6.04 Å². The van der Waals surface area contributed by atoms with Gasteiger partial charge in [-0.2, -0.15) is 0 Å². The number of carboxylic acid groups (broad SMARTS) is 1. The van der Waals surface area contributed by atoms with Crippen LogP contribution >= 0.6 is 0 Å². The van der Waals surface area contributed by atoms with Gasteiger partial charge in [0.2, 0.25) is 0 Å². The number of aliphatic hydroxyl groups excluding tert-OH is 1. The second kappa shape index (κ2) is 6.86. The summed E-state index contributed by atoms with van der Waals surface area (Å²) in [5.74, 6) is -0.890. The normalized spacial score (nSPS) is 16.7. The number of carbonyl (C=O) groups is 1. The molecule has 0 spiro atoms. The van der Waals surface area contributed by atoms with E-state index in [1.165, 1.54) is 17.5 Å². The van der Waals surface area contributed by atoms with Crippen LogP contribution in [0.25, 0.3) is 0 Å². The zero-order valence-corrected chi connectivity index (χ0v) is 11.9. The van der Waals surface area contributed by atoms with Crippen molar-refractivity contribution in [2.24, 2.45) is 0 Å². The first-order chi connectivity index (χ1) is 9.61. The van der Waals surface area contributed by atoms with E-state index in [0.29, 0.717) is 6.54 Å². The van der Waals surface area contributed by atoms with Crippen LogP contribution in [0.3, 0.4) is 0 Å². The average Bonchev–Trinajstić information content (AvgIpc) is 2.89. The molecule has 0 heterocycles. The van der Waals surface area contributed by atoms with Crippen molar-refractivity contribution in [3.8, 4) is 0 Å². The number of nitrogens with one attached hydrogen (secondary N) is 1. The number of rotatable bonds is 7. The number of benzene rings is 1. The Morgan fingerprint density at radius 3 is 2.80 bits per heavy atom. The molecule has 4 heteroatoms. The number of hydrogen-bond acceptors (Lipinski definition) is 3. The van der Waals surface area contributed by atoms with E-state index in [0.717, 1.165) is 24.8 Å². The summed E-state index contributed by atoms with van der Waals surface area (Å²) in [6.45, 7) is 2.73. The van der Waals surface area contributed by atoms with E-state index < -0.39 is 18.1 Å². The number of aliphatic hydroxyl groups is 1. The van der Waals surface area contributed by atoms with Gasteiger partial charge in [0.1, 0.15) is 0 Å². The Balaban J connectivity index is 2.13. The van der Waals surface area contributed by atoms with Crippen LogP contribution in [0.15, 0.2) is 18.2 Å². The third-order valence-electron chi connectivity index (χ3n) is 3.90. The van der Waals surface area contributed by atoms with Crippen molar-refractivity contribution in [2.75, 3.05) is 6.54 Å². The van der Waals surface area contributed by atoms with Crippen LogP contribution in [0.4, 0.5) is 0 Å². The first-order valence-corrected chi connectivity index (χ1v) is 7.36. The molecule has 1 aliphatic carbocycles. The second-order valence-electron chi connectivity index (χ2n) is 5.49. The van der Waals surface area contributed by atoms with E-state index in [1.54, 1.807) is 0 Å². The number of aliphatic carboxylic acids is 1. The van der Waals surface area contributed by atoms with Crippen LogP contribution in [0, 0.1) is 0 Å². The summed E-state index contributed by atoms with van der Waals surface area (Å²) in [5.41, 5.74) is 3.48. The molecule has 2 atom stereocenters. The lowest BCUT2D eigenvalue weighted by molar-refractivity contribution is -0.138. The van der Waals surface area contributed by atoms with Crippen LogP contribution in [0.1, 0.15) is 49.0 Å². The van der Waals surface area contributed by atoms with Gasteiger partial charge >= 0.3 is 5.97 Å². The van der Waals surface area contributed by atoms with Crippen LogP contribution in [0.5, 0.6) is 0 Å². The van der Waals surface area contributed by atoms with Crippen molar-refractivity contribution < 1.29 is 15.0 Å². The van der Waals surface area contributed by atoms with E-state index in [1.807, 2.05) is 19.1 Å². The highest BCUT2D eigenvalue weighted by Crippen LogP contribution is 2.27. The zero-order valence-electron chi connectivity index (χ0n) is 11.9. The fourth-order valence-electron chi connectivity index (χ4n) is 2.82. The number of fused-ring (bicyclic) bond motifs is 1. The summed E-state index contributed by atoms with van der Waals surface area (Å²) >= 11 is 0. The molecule has 0 bridgehead atoms. The van der Waals surface area contributed by atoms with Gasteiger partial charge in [0.05, 0.1) is 12.5 Å². The average molecular weight is 277 g/mol. The molecule has 0 aromatic heterocycles. The monoisotopic (exact) mass is 277 g/mol. The van der Waals surface area contributed by atoms with E-state index in [-0.39, 0.29) is 6.42 Å². The highest BCUT2D eigenvalue weighted by atomic mass is 16.4. The van der Waals surface area contributed by atoms with Crippen molar-refractivity contribution >= 4 is 5.97 Å². The predicted octanol–water partition coefficient (Wildman–Crippen LogP) is 2.05. The van der Waals surface area contributed by atoms with Gasteiger partial charge in [0.15, 0.2) is 0 Å². The van der Waals surface area contributed by atoms with Gasteiger partial charge in [-0.3, -0.25) is 4.79 Å². The van der Waals surface area contributed by atoms with Crippen molar-refractivity contribution in [3.05, 3.63) is 34.9 Å². The zero-order chi connectivity index (χ0) is 14.5. The Labute approximate surface area is 119 Å². The molecule has 3 N–H and O–H groups in total. The Morgan fingerprint density at radius 1 is 1.35 bits per heavy atom. The second-order valence-corrected chi connectivity index (χ2v) is 5.49. The molecule has 110 valence electrons. The van der Waals surface area contributed by atoms with E-state index in [9.17, 15) is 9.90 Å². The van der Waals surface area contributed by atoms with Gasteiger partial charge in [-0.1, -0.05) is 25.1 Å². The largest absolute Gasteiger partial charge is 0.481 e. The van der Waals surface area contributed by atoms with E-state index in [4.69, 9.17) is 5.11 Å².